The van der Waals surface area contributed by atoms with E-state index in [2.05, 4.69) is 34.5 Å². The molecule has 0 unspecified atom stereocenters. The molecule has 4 rings (SSSR count). The zero-order chi connectivity index (χ0) is 17.8. The first kappa shape index (κ1) is 17.1. The highest BCUT2D eigenvalue weighted by molar-refractivity contribution is 5.90. The van der Waals surface area contributed by atoms with E-state index < -0.39 is 0 Å². The molecule has 26 heavy (non-hydrogen) atoms. The van der Waals surface area contributed by atoms with Crippen LogP contribution in [-0.2, 0) is 6.54 Å². The minimum Gasteiger partial charge on any atom is -0.317 e. The van der Waals surface area contributed by atoms with Gasteiger partial charge in [-0.2, -0.15) is 0 Å². The first-order valence-corrected chi connectivity index (χ1v) is 9.73. The van der Waals surface area contributed by atoms with Crippen LogP contribution in [0.1, 0.15) is 42.9 Å². The van der Waals surface area contributed by atoms with Crippen molar-refractivity contribution in [3.05, 3.63) is 65.7 Å². The molecule has 0 aromatic heterocycles. The highest BCUT2D eigenvalue weighted by Crippen LogP contribution is 2.33. The molecule has 1 N–H and O–H groups in total. The molecule has 136 valence electrons. The third kappa shape index (κ3) is 3.91. The van der Waals surface area contributed by atoms with Crippen molar-refractivity contribution in [1.82, 2.24) is 9.80 Å². The van der Waals surface area contributed by atoms with E-state index >= 15 is 0 Å². The molecule has 0 aliphatic carbocycles. The summed E-state index contributed by atoms with van der Waals surface area (Å²) in [5, 5.41) is 3.09. The molecule has 0 radical (unpaired) electrons. The number of nitrogens with zero attached hydrogens (tertiary/aromatic N) is 2. The van der Waals surface area contributed by atoms with Crippen LogP contribution in [0.25, 0.3) is 0 Å². The fraction of sp³-hybridized carbons (Fsp3) is 0.409. The number of rotatable bonds is 4. The van der Waals surface area contributed by atoms with Crippen LogP contribution in [0.2, 0.25) is 0 Å². The third-order valence-electron chi connectivity index (χ3n) is 5.50. The standard InChI is InChI=1S/C22H27N3O/c26-22(25-15-12-21(25)19-9-3-1-4-10-19)23-20-11-7-8-18(16-20)17-24-13-5-2-6-14-24/h1,3-4,7-11,16,21H,2,5-6,12-15,17H2,(H,23,26)/t21-/m1/s1. The van der Waals surface area contributed by atoms with E-state index in [0.29, 0.717) is 0 Å². The topological polar surface area (TPSA) is 35.6 Å². The summed E-state index contributed by atoms with van der Waals surface area (Å²) in [5.74, 6) is 0. The number of carbonyl (C=O) groups excluding carboxylic acids is 1. The summed E-state index contributed by atoms with van der Waals surface area (Å²) in [6, 6.07) is 18.8. The number of piperidine rings is 1. The van der Waals surface area contributed by atoms with Gasteiger partial charge < -0.3 is 10.2 Å². The van der Waals surface area contributed by atoms with Crippen molar-refractivity contribution in [2.24, 2.45) is 0 Å². The Morgan fingerprint density at radius 2 is 1.77 bits per heavy atom. The van der Waals surface area contributed by atoms with Crippen LogP contribution in [0.5, 0.6) is 0 Å². The Balaban J connectivity index is 1.37. The van der Waals surface area contributed by atoms with Crippen molar-refractivity contribution in [3.63, 3.8) is 0 Å². The molecule has 2 saturated heterocycles. The van der Waals surface area contributed by atoms with Gasteiger partial charge in [0.2, 0.25) is 0 Å². The van der Waals surface area contributed by atoms with Crippen molar-refractivity contribution in [3.8, 4) is 0 Å². The van der Waals surface area contributed by atoms with E-state index in [1.165, 1.54) is 43.5 Å². The number of carbonyl (C=O) groups is 1. The molecule has 2 aromatic rings. The maximum atomic E-state index is 12.7. The molecule has 0 saturated carbocycles. The molecule has 2 aromatic carbocycles. The largest absolute Gasteiger partial charge is 0.322 e. The van der Waals surface area contributed by atoms with Crippen molar-refractivity contribution in [1.29, 1.82) is 0 Å². The quantitative estimate of drug-likeness (QED) is 0.872. The second-order valence-electron chi connectivity index (χ2n) is 7.38. The molecule has 2 aliphatic rings. The van der Waals surface area contributed by atoms with Crippen LogP contribution in [-0.4, -0.2) is 35.5 Å². The molecule has 0 spiro atoms. The molecule has 0 bridgehead atoms. The van der Waals surface area contributed by atoms with Crippen LogP contribution in [0.4, 0.5) is 10.5 Å². The number of benzene rings is 2. The number of nitrogens with one attached hydrogen (secondary N) is 1. The molecule has 1 atom stereocenters. The molecule has 4 nitrogen and oxygen atoms in total. The number of likely N-dealkylation sites (tertiary alicyclic amines) is 2. The lowest BCUT2D eigenvalue weighted by atomic mass is 9.95. The molecule has 2 amide bonds. The van der Waals surface area contributed by atoms with Gasteiger partial charge in [-0.1, -0.05) is 48.9 Å². The van der Waals surface area contributed by atoms with Gasteiger partial charge in [0, 0.05) is 18.8 Å². The fourth-order valence-corrected chi connectivity index (χ4v) is 3.97. The molecular formula is C22H27N3O. The monoisotopic (exact) mass is 349 g/mol. The first-order chi connectivity index (χ1) is 12.8. The van der Waals surface area contributed by atoms with Gasteiger partial charge >= 0.3 is 6.03 Å². The second kappa shape index (κ2) is 7.92. The summed E-state index contributed by atoms with van der Waals surface area (Å²) in [6.07, 6.45) is 4.98. The first-order valence-electron chi connectivity index (χ1n) is 9.73. The van der Waals surface area contributed by atoms with Gasteiger partial charge in [-0.25, -0.2) is 4.79 Å². The summed E-state index contributed by atoms with van der Waals surface area (Å²) in [6.45, 7) is 4.16. The number of anilines is 1. The van der Waals surface area contributed by atoms with E-state index in [-0.39, 0.29) is 12.1 Å². The Morgan fingerprint density at radius 3 is 2.50 bits per heavy atom. The molecule has 2 heterocycles. The summed E-state index contributed by atoms with van der Waals surface area (Å²) >= 11 is 0. The summed E-state index contributed by atoms with van der Waals surface area (Å²) in [4.78, 5) is 17.1. The molecular weight excluding hydrogens is 322 g/mol. The van der Waals surface area contributed by atoms with E-state index in [1.807, 2.05) is 35.2 Å². The van der Waals surface area contributed by atoms with Crippen LogP contribution in [0, 0.1) is 0 Å². The summed E-state index contributed by atoms with van der Waals surface area (Å²) in [5.41, 5.74) is 3.38. The summed E-state index contributed by atoms with van der Waals surface area (Å²) in [7, 11) is 0. The molecule has 2 aliphatic heterocycles. The third-order valence-corrected chi connectivity index (χ3v) is 5.50. The number of hydrogen-bond donors (Lipinski definition) is 1. The Morgan fingerprint density at radius 1 is 0.962 bits per heavy atom. The zero-order valence-electron chi connectivity index (χ0n) is 15.2. The summed E-state index contributed by atoms with van der Waals surface area (Å²) < 4.78 is 0. The van der Waals surface area contributed by atoms with Gasteiger partial charge in [-0.15, -0.1) is 0 Å². The number of urea groups is 1. The van der Waals surface area contributed by atoms with Crippen molar-refractivity contribution >= 4 is 11.7 Å². The van der Waals surface area contributed by atoms with Crippen molar-refractivity contribution in [2.45, 2.75) is 38.3 Å². The lowest BCUT2D eigenvalue weighted by Crippen LogP contribution is -2.47. The smallest absolute Gasteiger partial charge is 0.317 e. The normalized spacial score (nSPS) is 20.5. The fourth-order valence-electron chi connectivity index (χ4n) is 3.97. The van der Waals surface area contributed by atoms with E-state index in [9.17, 15) is 4.79 Å². The predicted molar refractivity (Wildman–Crippen MR) is 105 cm³/mol. The van der Waals surface area contributed by atoms with Crippen molar-refractivity contribution < 1.29 is 4.79 Å². The Hall–Kier alpha value is -2.33. The molecule has 2 fully saturated rings. The Kier molecular flexibility index (Phi) is 5.21. The molecule has 4 heteroatoms. The van der Waals surface area contributed by atoms with Gasteiger partial charge in [0.05, 0.1) is 6.04 Å². The van der Waals surface area contributed by atoms with Gasteiger partial charge in [0.1, 0.15) is 0 Å². The minimum absolute atomic E-state index is 0.000209. The highest BCUT2D eigenvalue weighted by Gasteiger charge is 2.33. The van der Waals surface area contributed by atoms with E-state index in [1.54, 1.807) is 0 Å². The van der Waals surface area contributed by atoms with Crippen LogP contribution >= 0.6 is 0 Å². The maximum absolute atomic E-state index is 12.7. The zero-order valence-corrected chi connectivity index (χ0v) is 15.2. The Bertz CT molecular complexity index is 740. The average Bonchev–Trinajstić information content (AvgIpc) is 2.63. The van der Waals surface area contributed by atoms with Crippen molar-refractivity contribution in [2.75, 3.05) is 25.0 Å². The van der Waals surface area contributed by atoms with Crippen LogP contribution in [0.3, 0.4) is 0 Å². The lowest BCUT2D eigenvalue weighted by Gasteiger charge is -2.41. The second-order valence-corrected chi connectivity index (χ2v) is 7.38. The average molecular weight is 349 g/mol. The predicted octanol–water partition coefficient (Wildman–Crippen LogP) is 4.65. The highest BCUT2D eigenvalue weighted by atomic mass is 16.2. The van der Waals surface area contributed by atoms with Crippen LogP contribution in [0.15, 0.2) is 54.6 Å². The van der Waals surface area contributed by atoms with Gasteiger partial charge in [-0.05, 0) is 55.6 Å². The van der Waals surface area contributed by atoms with Gasteiger partial charge in [-0.3, -0.25) is 4.90 Å². The van der Waals surface area contributed by atoms with Crippen LogP contribution < -0.4 is 5.32 Å². The maximum Gasteiger partial charge on any atom is 0.322 e. The Labute approximate surface area is 155 Å². The number of hydrogen-bond acceptors (Lipinski definition) is 2. The van der Waals surface area contributed by atoms with E-state index in [0.717, 1.165) is 25.2 Å². The minimum atomic E-state index is 0.000209. The van der Waals surface area contributed by atoms with Gasteiger partial charge in [0.15, 0.2) is 0 Å². The number of amides is 2. The lowest BCUT2D eigenvalue weighted by molar-refractivity contribution is 0.126. The SMILES string of the molecule is O=C(Nc1cccc(CN2CCCCC2)c1)N1CC[C@@H]1c1ccccc1. The van der Waals surface area contributed by atoms with Gasteiger partial charge in [0.25, 0.3) is 0 Å². The van der Waals surface area contributed by atoms with E-state index in [4.69, 9.17) is 0 Å².